The van der Waals surface area contributed by atoms with Crippen LogP contribution in [0.25, 0.3) is 0 Å². The first kappa shape index (κ1) is 23.9. The zero-order valence-corrected chi connectivity index (χ0v) is 20.2. The zero-order chi connectivity index (χ0) is 23.9. The fourth-order valence-corrected chi connectivity index (χ4v) is 4.72. The highest BCUT2D eigenvalue weighted by Gasteiger charge is 2.35. The Morgan fingerprint density at radius 1 is 1.09 bits per heavy atom. The Balaban J connectivity index is 1.53. The van der Waals surface area contributed by atoms with Crippen molar-refractivity contribution in [2.24, 2.45) is 4.99 Å². The number of hydrogen-bond acceptors (Lipinski definition) is 5. The van der Waals surface area contributed by atoms with Crippen molar-refractivity contribution in [1.82, 2.24) is 4.90 Å². The minimum Gasteiger partial charge on any atom is -0.497 e. The van der Waals surface area contributed by atoms with Gasteiger partial charge in [0.25, 0.3) is 0 Å². The van der Waals surface area contributed by atoms with Crippen molar-refractivity contribution in [3.8, 4) is 5.75 Å². The molecule has 0 radical (unpaired) electrons. The van der Waals surface area contributed by atoms with Crippen LogP contribution in [0.4, 0.5) is 11.4 Å². The molecule has 1 aliphatic rings. The van der Waals surface area contributed by atoms with E-state index in [0.29, 0.717) is 40.3 Å². The van der Waals surface area contributed by atoms with Crippen LogP contribution in [0.3, 0.4) is 0 Å². The molecule has 1 aliphatic heterocycles. The van der Waals surface area contributed by atoms with Crippen molar-refractivity contribution >= 4 is 51.7 Å². The van der Waals surface area contributed by atoms with E-state index in [-0.39, 0.29) is 18.2 Å². The van der Waals surface area contributed by atoms with Gasteiger partial charge >= 0.3 is 0 Å². The Morgan fingerprint density at radius 3 is 2.47 bits per heavy atom. The average Bonchev–Trinajstić information content (AvgIpc) is 2.86. The summed E-state index contributed by atoms with van der Waals surface area (Å²) in [6.45, 7) is 0.481. The number of carbonyl (C=O) groups excluding carboxylic acids is 2. The summed E-state index contributed by atoms with van der Waals surface area (Å²) in [5.74, 6) is 0.332. The van der Waals surface area contributed by atoms with Crippen LogP contribution in [-0.4, -0.2) is 40.8 Å². The fraction of sp³-hybridized carbons (Fsp3) is 0.192. The van der Waals surface area contributed by atoms with Crippen LogP contribution in [0, 0.1) is 0 Å². The molecule has 1 fully saturated rings. The van der Waals surface area contributed by atoms with Gasteiger partial charge in [-0.25, -0.2) is 4.99 Å². The molecule has 6 nitrogen and oxygen atoms in total. The van der Waals surface area contributed by atoms with E-state index in [1.165, 1.54) is 11.8 Å². The molecule has 1 N–H and O–H groups in total. The number of anilines is 1. The number of nitrogens with zero attached hydrogens (tertiary/aromatic N) is 2. The number of ether oxygens (including phenoxy) is 1. The number of methoxy groups -OCH3 is 1. The molecular formula is C26H24ClN3O3S. The van der Waals surface area contributed by atoms with Gasteiger partial charge in [0.15, 0.2) is 5.17 Å². The van der Waals surface area contributed by atoms with E-state index in [1.807, 2.05) is 30.3 Å². The van der Waals surface area contributed by atoms with Crippen molar-refractivity contribution in [2.45, 2.75) is 18.1 Å². The SMILES string of the molecule is COc1ccc(NC(=O)[C@@H]2CC(=O)N(CCc3ccccc3)C(=Nc3ccc(Cl)cc3)S2)cc1. The third-order valence-corrected chi connectivity index (χ3v) is 6.75. The van der Waals surface area contributed by atoms with Crippen LogP contribution < -0.4 is 10.1 Å². The monoisotopic (exact) mass is 493 g/mol. The first-order valence-corrected chi connectivity index (χ1v) is 12.1. The molecule has 174 valence electrons. The minimum absolute atomic E-state index is 0.0983. The number of amidine groups is 1. The number of rotatable bonds is 7. The molecule has 0 unspecified atom stereocenters. The summed E-state index contributed by atoms with van der Waals surface area (Å²) in [6.07, 6.45) is 0.788. The van der Waals surface area contributed by atoms with Crippen LogP contribution in [0.2, 0.25) is 5.02 Å². The first-order chi connectivity index (χ1) is 16.5. The zero-order valence-electron chi connectivity index (χ0n) is 18.6. The Morgan fingerprint density at radius 2 is 1.79 bits per heavy atom. The Bertz CT molecular complexity index is 1170. The van der Waals surface area contributed by atoms with Gasteiger partial charge in [0.05, 0.1) is 12.8 Å². The smallest absolute Gasteiger partial charge is 0.238 e. The summed E-state index contributed by atoms with van der Waals surface area (Å²) in [5.41, 5.74) is 2.44. The standard InChI is InChI=1S/C26H24ClN3O3S/c1-33-22-13-11-20(12-14-22)28-25(32)23-17-24(31)30(16-15-18-5-3-2-4-6-18)26(34-23)29-21-9-7-19(27)8-10-21/h2-14,23H,15-17H2,1H3,(H,28,32)/t23-/m0/s1. The van der Waals surface area contributed by atoms with Gasteiger partial charge in [0.2, 0.25) is 11.8 Å². The van der Waals surface area contributed by atoms with Crippen molar-refractivity contribution in [3.63, 3.8) is 0 Å². The van der Waals surface area contributed by atoms with Gasteiger partial charge in [0, 0.05) is 23.7 Å². The lowest BCUT2D eigenvalue weighted by Crippen LogP contribution is -2.46. The molecule has 0 saturated carbocycles. The first-order valence-electron chi connectivity index (χ1n) is 10.8. The number of aliphatic imine (C=N–C) groups is 1. The number of nitrogens with one attached hydrogen (secondary N) is 1. The Hall–Kier alpha value is -3.29. The van der Waals surface area contributed by atoms with Crippen molar-refractivity contribution in [1.29, 1.82) is 0 Å². The van der Waals surface area contributed by atoms with E-state index in [4.69, 9.17) is 21.3 Å². The van der Waals surface area contributed by atoms with Crippen LogP contribution in [0.1, 0.15) is 12.0 Å². The topological polar surface area (TPSA) is 71.0 Å². The van der Waals surface area contributed by atoms with E-state index < -0.39 is 5.25 Å². The average molecular weight is 494 g/mol. The van der Waals surface area contributed by atoms with Gasteiger partial charge in [-0.05, 0) is 60.5 Å². The Labute approximate surface area is 208 Å². The van der Waals surface area contributed by atoms with Crippen molar-refractivity contribution in [3.05, 3.63) is 89.4 Å². The maximum Gasteiger partial charge on any atom is 0.238 e. The van der Waals surface area contributed by atoms with Crippen LogP contribution in [0.5, 0.6) is 5.75 Å². The normalized spacial score (nSPS) is 17.0. The molecule has 1 atom stereocenters. The third kappa shape index (κ3) is 6.18. The summed E-state index contributed by atoms with van der Waals surface area (Å²) in [7, 11) is 1.59. The molecule has 8 heteroatoms. The maximum atomic E-state index is 13.1. The van der Waals surface area contributed by atoms with Gasteiger partial charge in [-0.15, -0.1) is 0 Å². The molecule has 0 bridgehead atoms. The molecule has 3 aromatic carbocycles. The summed E-state index contributed by atoms with van der Waals surface area (Å²) < 4.78 is 5.16. The van der Waals surface area contributed by atoms with Crippen LogP contribution in [-0.2, 0) is 16.0 Å². The lowest BCUT2D eigenvalue weighted by atomic mass is 10.1. The second-order valence-corrected chi connectivity index (χ2v) is 9.29. The summed E-state index contributed by atoms with van der Waals surface area (Å²) in [4.78, 5) is 32.5. The van der Waals surface area contributed by atoms with E-state index in [1.54, 1.807) is 60.5 Å². The number of thioether (sulfide) groups is 1. The predicted molar refractivity (Wildman–Crippen MR) is 138 cm³/mol. The fourth-order valence-electron chi connectivity index (χ4n) is 3.47. The Kier molecular flexibility index (Phi) is 7.87. The second-order valence-electron chi connectivity index (χ2n) is 7.68. The maximum absolute atomic E-state index is 13.1. The van der Waals surface area contributed by atoms with E-state index >= 15 is 0 Å². The number of halogens is 1. The molecule has 0 aliphatic carbocycles. The van der Waals surface area contributed by atoms with Gasteiger partial charge in [0.1, 0.15) is 11.0 Å². The predicted octanol–water partition coefficient (Wildman–Crippen LogP) is 5.55. The van der Waals surface area contributed by atoms with Gasteiger partial charge in [-0.3, -0.25) is 14.5 Å². The minimum atomic E-state index is -0.589. The quantitative estimate of drug-likeness (QED) is 0.468. The number of amides is 2. The molecule has 0 spiro atoms. The molecule has 2 amide bonds. The molecule has 1 heterocycles. The van der Waals surface area contributed by atoms with E-state index in [2.05, 4.69) is 5.32 Å². The van der Waals surface area contributed by atoms with E-state index in [9.17, 15) is 9.59 Å². The molecule has 1 saturated heterocycles. The number of benzene rings is 3. The lowest BCUT2D eigenvalue weighted by Gasteiger charge is -2.32. The van der Waals surface area contributed by atoms with Gasteiger partial charge in [-0.2, -0.15) is 0 Å². The summed E-state index contributed by atoms with van der Waals surface area (Å²) in [5, 5.41) is 3.41. The van der Waals surface area contributed by atoms with E-state index in [0.717, 1.165) is 5.56 Å². The molecule has 4 rings (SSSR count). The number of carbonyl (C=O) groups is 2. The molecule has 34 heavy (non-hydrogen) atoms. The third-order valence-electron chi connectivity index (χ3n) is 5.31. The highest BCUT2D eigenvalue weighted by molar-refractivity contribution is 8.15. The molecule has 3 aromatic rings. The van der Waals surface area contributed by atoms with Crippen LogP contribution >= 0.6 is 23.4 Å². The van der Waals surface area contributed by atoms with Gasteiger partial charge in [-0.1, -0.05) is 53.7 Å². The van der Waals surface area contributed by atoms with Crippen molar-refractivity contribution in [2.75, 3.05) is 19.0 Å². The van der Waals surface area contributed by atoms with Gasteiger partial charge < -0.3 is 10.1 Å². The highest BCUT2D eigenvalue weighted by atomic mass is 35.5. The van der Waals surface area contributed by atoms with Crippen molar-refractivity contribution < 1.29 is 14.3 Å². The lowest BCUT2D eigenvalue weighted by molar-refractivity contribution is -0.129. The second kappa shape index (κ2) is 11.2. The molecular weight excluding hydrogens is 470 g/mol. The summed E-state index contributed by atoms with van der Waals surface area (Å²) in [6, 6.07) is 24.1. The summed E-state index contributed by atoms with van der Waals surface area (Å²) >= 11 is 7.30. The largest absolute Gasteiger partial charge is 0.497 e. The number of hydrogen-bond donors (Lipinski definition) is 1. The molecule has 0 aromatic heterocycles. The van der Waals surface area contributed by atoms with Crippen LogP contribution in [0.15, 0.2) is 83.9 Å². The highest BCUT2D eigenvalue weighted by Crippen LogP contribution is 2.30.